The van der Waals surface area contributed by atoms with Gasteiger partial charge in [0.1, 0.15) is 23.0 Å². The number of methoxy groups -OCH3 is 1. The van der Waals surface area contributed by atoms with Gasteiger partial charge in [0.05, 0.1) is 25.8 Å². The molecule has 0 unspecified atom stereocenters. The summed E-state index contributed by atoms with van der Waals surface area (Å²) < 4.78 is 17.0. The first-order valence-electron chi connectivity index (χ1n) is 11.5. The second kappa shape index (κ2) is 11.7. The molecule has 0 radical (unpaired) electrons. The number of carbonyl (C=O) groups is 1. The molecule has 1 aromatic heterocycles. The zero-order valence-corrected chi connectivity index (χ0v) is 20.8. The zero-order valence-electron chi connectivity index (χ0n) is 20.8. The number of likely N-dealkylation sites (N-methyl/N-ethyl adjacent to an activating group) is 1. The standard InChI is InChI=1S/C28H27N5O4/c1-29-25-17-23-24(18-27(25)36-16-15-33(2)3)30-14-13-26(23)37-22-11-7-20(8-12-22)32-28(34)31-19-5-9-21(35-4)10-6-19/h5-14,17-18H,15-16H2,2-4H3,(H2,31,32,34). The van der Waals surface area contributed by atoms with E-state index in [9.17, 15) is 4.79 Å². The number of rotatable bonds is 9. The highest BCUT2D eigenvalue weighted by molar-refractivity contribution is 5.99. The van der Waals surface area contributed by atoms with E-state index in [1.165, 1.54) is 0 Å². The summed E-state index contributed by atoms with van der Waals surface area (Å²) in [4.78, 5) is 22.4. The summed E-state index contributed by atoms with van der Waals surface area (Å²) in [6.07, 6.45) is 1.65. The van der Waals surface area contributed by atoms with Gasteiger partial charge in [-0.05, 0) is 80.8 Å². The highest BCUT2D eigenvalue weighted by atomic mass is 16.5. The number of aromatic nitrogens is 1. The molecule has 0 aliphatic heterocycles. The van der Waals surface area contributed by atoms with E-state index >= 15 is 0 Å². The Morgan fingerprint density at radius 2 is 1.59 bits per heavy atom. The highest BCUT2D eigenvalue weighted by Gasteiger charge is 2.12. The van der Waals surface area contributed by atoms with Crippen LogP contribution in [0.1, 0.15) is 0 Å². The quantitative estimate of drug-likeness (QED) is 0.269. The Hall–Kier alpha value is -4.81. The number of urea groups is 1. The number of nitrogens with one attached hydrogen (secondary N) is 2. The van der Waals surface area contributed by atoms with E-state index in [1.807, 2.05) is 19.0 Å². The number of fused-ring (bicyclic) bond motifs is 1. The van der Waals surface area contributed by atoms with Crippen LogP contribution in [0.2, 0.25) is 0 Å². The van der Waals surface area contributed by atoms with Crippen LogP contribution in [-0.2, 0) is 0 Å². The molecule has 1 heterocycles. The Labute approximate surface area is 215 Å². The van der Waals surface area contributed by atoms with Crippen molar-refractivity contribution in [3.8, 4) is 23.0 Å². The summed E-state index contributed by atoms with van der Waals surface area (Å²) >= 11 is 0. The summed E-state index contributed by atoms with van der Waals surface area (Å²) in [5.41, 5.74) is 2.31. The molecule has 0 aliphatic rings. The fourth-order valence-corrected chi connectivity index (χ4v) is 3.47. The molecule has 188 valence electrons. The molecule has 0 bridgehead atoms. The molecule has 9 nitrogen and oxygen atoms in total. The summed E-state index contributed by atoms with van der Waals surface area (Å²) in [5, 5.41) is 6.26. The lowest BCUT2D eigenvalue weighted by molar-refractivity contribution is 0.262. The predicted molar refractivity (Wildman–Crippen MR) is 144 cm³/mol. The highest BCUT2D eigenvalue weighted by Crippen LogP contribution is 2.37. The molecule has 0 spiro atoms. The van der Waals surface area contributed by atoms with Gasteiger partial charge in [0.2, 0.25) is 5.69 Å². The van der Waals surface area contributed by atoms with E-state index < -0.39 is 0 Å². The molecule has 4 rings (SSSR count). The number of carbonyl (C=O) groups excluding carboxylic acids is 1. The van der Waals surface area contributed by atoms with Gasteiger partial charge in [0.25, 0.3) is 0 Å². The minimum atomic E-state index is -0.366. The maximum absolute atomic E-state index is 12.3. The zero-order chi connectivity index (χ0) is 26.2. The third-order valence-corrected chi connectivity index (χ3v) is 5.39. The molecular formula is C28H27N5O4. The fourth-order valence-electron chi connectivity index (χ4n) is 3.47. The summed E-state index contributed by atoms with van der Waals surface area (Å²) in [6, 6.07) is 18.9. The maximum atomic E-state index is 12.3. The Morgan fingerprint density at radius 1 is 0.946 bits per heavy atom. The van der Waals surface area contributed by atoms with Gasteiger partial charge in [0.15, 0.2) is 0 Å². The SMILES string of the molecule is [C-]#[N+]c1cc2c(Oc3ccc(NC(=O)Nc4ccc(OC)cc4)cc3)ccnc2cc1OCCN(C)C. The van der Waals surface area contributed by atoms with Crippen LogP contribution in [0, 0.1) is 6.57 Å². The molecule has 4 aromatic rings. The van der Waals surface area contributed by atoms with Crippen molar-refractivity contribution in [1.29, 1.82) is 0 Å². The molecule has 0 fully saturated rings. The molecule has 0 saturated heterocycles. The van der Waals surface area contributed by atoms with Crippen LogP contribution < -0.4 is 24.8 Å². The number of benzene rings is 3. The molecule has 0 saturated carbocycles. The summed E-state index contributed by atoms with van der Waals surface area (Å²) in [6.45, 7) is 8.77. The second-order valence-corrected chi connectivity index (χ2v) is 8.34. The summed E-state index contributed by atoms with van der Waals surface area (Å²) in [5.74, 6) is 2.34. The molecule has 9 heteroatoms. The van der Waals surface area contributed by atoms with E-state index in [1.54, 1.807) is 80.0 Å². The van der Waals surface area contributed by atoms with Gasteiger partial charge in [-0.25, -0.2) is 9.64 Å². The third-order valence-electron chi connectivity index (χ3n) is 5.39. The van der Waals surface area contributed by atoms with E-state index in [-0.39, 0.29) is 6.03 Å². The largest absolute Gasteiger partial charge is 0.503 e. The smallest absolute Gasteiger partial charge is 0.323 e. The first-order valence-corrected chi connectivity index (χ1v) is 11.5. The van der Waals surface area contributed by atoms with E-state index in [0.717, 1.165) is 6.54 Å². The van der Waals surface area contributed by atoms with Crippen LogP contribution in [0.5, 0.6) is 23.0 Å². The van der Waals surface area contributed by atoms with Gasteiger partial charge in [-0.3, -0.25) is 4.98 Å². The number of ether oxygens (including phenoxy) is 3. The predicted octanol–water partition coefficient (Wildman–Crippen LogP) is 6.17. The van der Waals surface area contributed by atoms with Crippen molar-refractivity contribution in [2.75, 3.05) is 45.0 Å². The fraction of sp³-hybridized carbons (Fsp3) is 0.179. The van der Waals surface area contributed by atoms with Gasteiger partial charge in [-0.1, -0.05) is 0 Å². The number of hydrogen-bond acceptors (Lipinski definition) is 6. The Morgan fingerprint density at radius 3 is 2.19 bits per heavy atom. The first kappa shape index (κ1) is 25.3. The van der Waals surface area contributed by atoms with Crippen LogP contribution >= 0.6 is 0 Å². The maximum Gasteiger partial charge on any atom is 0.323 e. The van der Waals surface area contributed by atoms with Crippen molar-refractivity contribution >= 4 is 34.0 Å². The van der Waals surface area contributed by atoms with E-state index in [0.29, 0.717) is 57.6 Å². The van der Waals surface area contributed by atoms with Gasteiger partial charge >= 0.3 is 6.03 Å². The number of amides is 2. The van der Waals surface area contributed by atoms with Crippen molar-refractivity contribution in [2.24, 2.45) is 0 Å². The molecule has 3 aromatic carbocycles. The first-order chi connectivity index (χ1) is 17.9. The summed E-state index contributed by atoms with van der Waals surface area (Å²) in [7, 11) is 5.51. The second-order valence-electron chi connectivity index (χ2n) is 8.34. The monoisotopic (exact) mass is 497 g/mol. The topological polar surface area (TPSA) is 89.3 Å². The lowest BCUT2D eigenvalue weighted by Gasteiger charge is -2.14. The van der Waals surface area contributed by atoms with Gasteiger partial charge < -0.3 is 29.7 Å². The van der Waals surface area contributed by atoms with Crippen molar-refractivity contribution in [3.63, 3.8) is 0 Å². The van der Waals surface area contributed by atoms with Crippen molar-refractivity contribution < 1.29 is 19.0 Å². The van der Waals surface area contributed by atoms with E-state index in [4.69, 9.17) is 20.8 Å². The van der Waals surface area contributed by atoms with Gasteiger partial charge in [-0.15, -0.1) is 0 Å². The van der Waals surface area contributed by atoms with Gasteiger partial charge in [-0.2, -0.15) is 0 Å². The van der Waals surface area contributed by atoms with Crippen LogP contribution in [-0.4, -0.2) is 50.3 Å². The average Bonchev–Trinajstić information content (AvgIpc) is 2.90. The van der Waals surface area contributed by atoms with Crippen molar-refractivity contribution in [2.45, 2.75) is 0 Å². The normalized spacial score (nSPS) is 10.6. The lowest BCUT2D eigenvalue weighted by atomic mass is 10.1. The molecule has 2 amide bonds. The van der Waals surface area contributed by atoms with Crippen LogP contribution in [0.15, 0.2) is 72.9 Å². The van der Waals surface area contributed by atoms with Crippen LogP contribution in [0.4, 0.5) is 21.9 Å². The average molecular weight is 498 g/mol. The number of nitrogens with zero attached hydrogens (tertiary/aromatic N) is 3. The number of anilines is 2. The van der Waals surface area contributed by atoms with Crippen molar-refractivity contribution in [1.82, 2.24) is 9.88 Å². The Bertz CT molecular complexity index is 1410. The minimum Gasteiger partial charge on any atom is -0.503 e. The number of hydrogen-bond donors (Lipinski definition) is 2. The van der Waals surface area contributed by atoms with Crippen LogP contribution in [0.25, 0.3) is 15.7 Å². The Balaban J connectivity index is 1.44. The van der Waals surface area contributed by atoms with Crippen LogP contribution in [0.3, 0.4) is 0 Å². The lowest BCUT2D eigenvalue weighted by Crippen LogP contribution is -2.19. The molecule has 0 aliphatic carbocycles. The third kappa shape index (κ3) is 6.66. The molecular weight excluding hydrogens is 470 g/mol. The van der Waals surface area contributed by atoms with Crippen molar-refractivity contribution in [3.05, 3.63) is 84.3 Å². The van der Waals surface area contributed by atoms with E-state index in [2.05, 4.69) is 20.5 Å². The molecule has 2 N–H and O–H groups in total. The Kier molecular flexibility index (Phi) is 8.03. The minimum absolute atomic E-state index is 0.366. The molecule has 0 atom stereocenters. The molecule has 37 heavy (non-hydrogen) atoms. The van der Waals surface area contributed by atoms with Gasteiger partial charge in [0, 0.05) is 29.5 Å². The number of pyridine rings is 1.